The molecule has 8 heteroatoms. The molecular formula is C12H21N3O3S2. The van der Waals surface area contributed by atoms with Gasteiger partial charge in [-0.05, 0) is 26.7 Å². The first-order chi connectivity index (χ1) is 9.44. The molecule has 6 nitrogen and oxygen atoms in total. The number of nitrogens with zero attached hydrogens (tertiary/aromatic N) is 2. The van der Waals surface area contributed by atoms with Crippen LogP contribution >= 0.6 is 11.3 Å². The van der Waals surface area contributed by atoms with Crippen molar-refractivity contribution < 1.29 is 13.5 Å². The van der Waals surface area contributed by atoms with Crippen LogP contribution in [-0.4, -0.2) is 42.0 Å². The molecule has 0 aromatic carbocycles. The quantitative estimate of drug-likeness (QED) is 0.854. The topological polar surface area (TPSA) is 82.5 Å². The molecule has 2 rings (SSSR count). The maximum absolute atomic E-state index is 12.4. The molecule has 1 aliphatic rings. The highest BCUT2D eigenvalue weighted by Gasteiger charge is 2.33. The van der Waals surface area contributed by atoms with Gasteiger partial charge in [0.1, 0.15) is 5.01 Å². The van der Waals surface area contributed by atoms with Gasteiger partial charge in [-0.25, -0.2) is 4.98 Å². The second-order valence-corrected chi connectivity index (χ2v) is 8.02. The molecule has 0 spiro atoms. The molecule has 2 N–H and O–H groups in total. The number of rotatable bonds is 5. The van der Waals surface area contributed by atoms with Crippen LogP contribution in [0.1, 0.15) is 42.1 Å². The average molecular weight is 319 g/mol. The summed E-state index contributed by atoms with van der Waals surface area (Å²) < 4.78 is 28.9. The van der Waals surface area contributed by atoms with Crippen LogP contribution < -0.4 is 4.72 Å². The van der Waals surface area contributed by atoms with Crippen LogP contribution in [0, 0.1) is 6.92 Å². The summed E-state index contributed by atoms with van der Waals surface area (Å²) >= 11 is 1.48. The first-order valence-corrected chi connectivity index (χ1v) is 9.02. The highest BCUT2D eigenvalue weighted by Crippen LogP contribution is 2.23. The van der Waals surface area contributed by atoms with Crippen LogP contribution in [0.4, 0.5) is 0 Å². The van der Waals surface area contributed by atoms with Gasteiger partial charge >= 0.3 is 0 Å². The van der Waals surface area contributed by atoms with Gasteiger partial charge < -0.3 is 5.11 Å². The monoisotopic (exact) mass is 319 g/mol. The highest BCUT2D eigenvalue weighted by atomic mass is 32.2. The minimum absolute atomic E-state index is 0.133. The van der Waals surface area contributed by atoms with E-state index in [-0.39, 0.29) is 18.7 Å². The van der Waals surface area contributed by atoms with Crippen molar-refractivity contribution in [1.29, 1.82) is 0 Å². The lowest BCUT2D eigenvalue weighted by molar-refractivity contribution is 0.153. The molecular weight excluding hydrogens is 298 g/mol. The summed E-state index contributed by atoms with van der Waals surface area (Å²) in [6.45, 7) is 4.05. The van der Waals surface area contributed by atoms with Crippen molar-refractivity contribution >= 4 is 21.5 Å². The zero-order valence-electron chi connectivity index (χ0n) is 11.7. The number of aliphatic hydroxyl groups excluding tert-OH is 1. The van der Waals surface area contributed by atoms with E-state index >= 15 is 0 Å². The fraction of sp³-hybridized carbons (Fsp3) is 0.750. The SMILES string of the molecule is Cc1cnc(C(C)NS(=O)(=O)N2CCCCC2CO)s1. The molecule has 1 aliphatic heterocycles. The molecule has 1 aromatic rings. The zero-order chi connectivity index (χ0) is 14.8. The Balaban J connectivity index is 2.09. The second-order valence-electron chi connectivity index (χ2n) is 5.10. The minimum Gasteiger partial charge on any atom is -0.395 e. The third kappa shape index (κ3) is 3.56. The van der Waals surface area contributed by atoms with E-state index in [4.69, 9.17) is 0 Å². The van der Waals surface area contributed by atoms with E-state index in [1.165, 1.54) is 15.6 Å². The Kier molecular flexibility index (Phi) is 5.14. The van der Waals surface area contributed by atoms with E-state index in [0.29, 0.717) is 13.0 Å². The molecule has 0 aliphatic carbocycles. The van der Waals surface area contributed by atoms with Crippen molar-refractivity contribution in [2.24, 2.45) is 0 Å². The van der Waals surface area contributed by atoms with Gasteiger partial charge in [-0.1, -0.05) is 6.42 Å². The smallest absolute Gasteiger partial charge is 0.280 e. The predicted octanol–water partition coefficient (Wildman–Crippen LogP) is 1.19. The van der Waals surface area contributed by atoms with Gasteiger partial charge in [0.2, 0.25) is 0 Å². The molecule has 0 radical (unpaired) electrons. The first kappa shape index (κ1) is 15.8. The van der Waals surface area contributed by atoms with Crippen LogP contribution in [0.3, 0.4) is 0 Å². The zero-order valence-corrected chi connectivity index (χ0v) is 13.4. The summed E-state index contributed by atoms with van der Waals surface area (Å²) in [5.41, 5.74) is 0. The molecule has 2 heterocycles. The van der Waals surface area contributed by atoms with E-state index in [1.807, 2.05) is 6.92 Å². The fourth-order valence-electron chi connectivity index (χ4n) is 2.39. The van der Waals surface area contributed by atoms with E-state index in [9.17, 15) is 13.5 Å². The Bertz CT molecular complexity index is 544. The largest absolute Gasteiger partial charge is 0.395 e. The average Bonchev–Trinajstić information content (AvgIpc) is 2.85. The fourth-order valence-corrected chi connectivity index (χ4v) is 4.87. The number of aliphatic hydroxyl groups is 1. The lowest BCUT2D eigenvalue weighted by Gasteiger charge is -2.34. The van der Waals surface area contributed by atoms with Gasteiger partial charge in [-0.15, -0.1) is 11.3 Å². The Hall–Kier alpha value is -0.540. The van der Waals surface area contributed by atoms with Crippen molar-refractivity contribution in [2.45, 2.75) is 45.2 Å². The van der Waals surface area contributed by atoms with E-state index in [0.717, 1.165) is 22.7 Å². The number of thiazole rings is 1. The third-order valence-corrected chi connectivity index (χ3v) is 6.27. The normalized spacial score (nSPS) is 22.9. The number of piperidine rings is 1. The molecule has 0 saturated carbocycles. The lowest BCUT2D eigenvalue weighted by Crippen LogP contribution is -2.50. The highest BCUT2D eigenvalue weighted by molar-refractivity contribution is 7.87. The van der Waals surface area contributed by atoms with Crippen molar-refractivity contribution in [3.05, 3.63) is 16.1 Å². The molecule has 2 atom stereocenters. The van der Waals surface area contributed by atoms with Gasteiger partial charge in [-0.3, -0.25) is 0 Å². The van der Waals surface area contributed by atoms with Crippen LogP contribution in [-0.2, 0) is 10.2 Å². The van der Waals surface area contributed by atoms with Gasteiger partial charge in [0.25, 0.3) is 10.2 Å². The predicted molar refractivity (Wildman–Crippen MR) is 78.8 cm³/mol. The van der Waals surface area contributed by atoms with Crippen molar-refractivity contribution in [2.75, 3.05) is 13.2 Å². The van der Waals surface area contributed by atoms with Crippen molar-refractivity contribution in [1.82, 2.24) is 14.0 Å². The molecule has 0 bridgehead atoms. The first-order valence-electron chi connectivity index (χ1n) is 6.76. The third-order valence-electron chi connectivity index (χ3n) is 3.43. The number of hydrogen-bond acceptors (Lipinski definition) is 5. The van der Waals surface area contributed by atoms with Crippen molar-refractivity contribution in [3.63, 3.8) is 0 Å². The van der Waals surface area contributed by atoms with Gasteiger partial charge in [0.05, 0.1) is 12.6 Å². The summed E-state index contributed by atoms with van der Waals surface area (Å²) in [6, 6.07) is -0.675. The van der Waals surface area contributed by atoms with Gasteiger partial charge in [0.15, 0.2) is 0 Å². The maximum Gasteiger partial charge on any atom is 0.280 e. The Morgan fingerprint density at radius 2 is 2.35 bits per heavy atom. The maximum atomic E-state index is 12.4. The van der Waals surface area contributed by atoms with Crippen molar-refractivity contribution in [3.8, 4) is 0 Å². The van der Waals surface area contributed by atoms with Gasteiger partial charge in [-0.2, -0.15) is 17.4 Å². The summed E-state index contributed by atoms with van der Waals surface area (Å²) in [4.78, 5) is 5.26. The summed E-state index contributed by atoms with van der Waals surface area (Å²) in [6.07, 6.45) is 4.24. The van der Waals surface area contributed by atoms with E-state index < -0.39 is 10.2 Å². The number of aryl methyl sites for hydroxylation is 1. The summed E-state index contributed by atoms with van der Waals surface area (Å²) in [7, 11) is -3.59. The second kappa shape index (κ2) is 6.48. The molecule has 1 saturated heterocycles. The molecule has 1 aromatic heterocycles. The van der Waals surface area contributed by atoms with E-state index in [1.54, 1.807) is 13.1 Å². The van der Waals surface area contributed by atoms with Crippen LogP contribution in [0.15, 0.2) is 6.20 Å². The standard InChI is InChI=1S/C12H21N3O3S2/c1-9-7-13-12(19-9)10(2)14-20(17,18)15-6-4-3-5-11(15)8-16/h7,10-11,14,16H,3-6,8H2,1-2H3. The summed E-state index contributed by atoms with van der Waals surface area (Å²) in [5, 5.41) is 10.1. The van der Waals surface area contributed by atoms with E-state index in [2.05, 4.69) is 9.71 Å². The number of aromatic nitrogens is 1. The molecule has 114 valence electrons. The minimum atomic E-state index is -3.59. The molecule has 20 heavy (non-hydrogen) atoms. The molecule has 0 amide bonds. The van der Waals surface area contributed by atoms with Crippen LogP contribution in [0.25, 0.3) is 0 Å². The lowest BCUT2D eigenvalue weighted by atomic mass is 10.1. The van der Waals surface area contributed by atoms with Crippen LogP contribution in [0.5, 0.6) is 0 Å². The molecule has 1 fully saturated rings. The Morgan fingerprint density at radius 1 is 1.60 bits per heavy atom. The Morgan fingerprint density at radius 3 is 2.95 bits per heavy atom. The van der Waals surface area contributed by atoms with Crippen LogP contribution in [0.2, 0.25) is 0 Å². The van der Waals surface area contributed by atoms with Gasteiger partial charge in [0, 0.05) is 23.7 Å². The Labute approximate surface area is 124 Å². The summed E-state index contributed by atoms with van der Waals surface area (Å²) in [5.74, 6) is 0. The molecule has 2 unspecified atom stereocenters. The number of nitrogens with one attached hydrogen (secondary N) is 1. The number of hydrogen-bond donors (Lipinski definition) is 2.